The van der Waals surface area contributed by atoms with Crippen molar-refractivity contribution >= 4 is 11.0 Å². The summed E-state index contributed by atoms with van der Waals surface area (Å²) in [5, 5.41) is 21.2. The number of aromatic hydroxyl groups is 1. The van der Waals surface area contributed by atoms with Crippen molar-refractivity contribution in [3.05, 3.63) is 119 Å². The summed E-state index contributed by atoms with van der Waals surface area (Å²) >= 11 is 0. The van der Waals surface area contributed by atoms with Gasteiger partial charge in [0.1, 0.15) is 22.5 Å². The number of fused-ring (bicyclic) bond motifs is 1. The zero-order chi connectivity index (χ0) is 23.9. The molecule has 0 spiro atoms. The standard InChI is InChI=1S/C30H29N3O/c1-29(2,3)23-19-24(28(34)27(20-23)33-31-25-17-11-12-18-26(25)32-33)30(4,21-13-7-5-8-14-21)22-15-9-6-10-16-22/h5-20,34H,1-4H3. The smallest absolute Gasteiger partial charge is 0.147 e. The fourth-order valence-electron chi connectivity index (χ4n) is 4.57. The van der Waals surface area contributed by atoms with Crippen molar-refractivity contribution in [1.29, 1.82) is 0 Å². The summed E-state index contributed by atoms with van der Waals surface area (Å²) < 4.78 is 0. The first kappa shape index (κ1) is 21.9. The first-order valence-electron chi connectivity index (χ1n) is 11.6. The summed E-state index contributed by atoms with van der Waals surface area (Å²) in [5.74, 6) is 0.184. The van der Waals surface area contributed by atoms with Gasteiger partial charge >= 0.3 is 0 Å². The van der Waals surface area contributed by atoms with E-state index in [2.05, 4.69) is 68.2 Å². The fraction of sp³-hybridized carbons (Fsp3) is 0.200. The quantitative estimate of drug-likeness (QED) is 0.309. The van der Waals surface area contributed by atoms with Crippen molar-refractivity contribution in [3.63, 3.8) is 0 Å². The summed E-state index contributed by atoms with van der Waals surface area (Å²) in [6.45, 7) is 8.73. The van der Waals surface area contributed by atoms with Gasteiger partial charge in [0.15, 0.2) is 0 Å². The average Bonchev–Trinajstić information content (AvgIpc) is 3.28. The topological polar surface area (TPSA) is 50.9 Å². The Kier molecular flexibility index (Phi) is 5.24. The number of nitrogens with zero attached hydrogens (tertiary/aromatic N) is 3. The van der Waals surface area contributed by atoms with E-state index < -0.39 is 5.41 Å². The lowest BCUT2D eigenvalue weighted by molar-refractivity contribution is 0.448. The van der Waals surface area contributed by atoms with E-state index in [4.69, 9.17) is 0 Å². The lowest BCUT2D eigenvalue weighted by Crippen LogP contribution is -2.27. The molecule has 0 amide bonds. The highest BCUT2D eigenvalue weighted by molar-refractivity contribution is 5.74. The normalized spacial score (nSPS) is 12.2. The number of hydrogen-bond donors (Lipinski definition) is 1. The molecule has 1 N–H and O–H groups in total. The Balaban J connectivity index is 1.84. The molecule has 170 valence electrons. The van der Waals surface area contributed by atoms with Gasteiger partial charge in [0.25, 0.3) is 0 Å². The van der Waals surface area contributed by atoms with Crippen LogP contribution < -0.4 is 0 Å². The molecule has 34 heavy (non-hydrogen) atoms. The Labute approximate surface area is 200 Å². The highest BCUT2D eigenvalue weighted by Gasteiger charge is 2.36. The molecule has 4 nitrogen and oxygen atoms in total. The Hall–Kier alpha value is -3.92. The maximum Gasteiger partial charge on any atom is 0.147 e. The third-order valence-electron chi connectivity index (χ3n) is 6.70. The van der Waals surface area contributed by atoms with Crippen molar-refractivity contribution in [2.24, 2.45) is 0 Å². The molecule has 0 bridgehead atoms. The van der Waals surface area contributed by atoms with Crippen molar-refractivity contribution in [2.45, 2.75) is 38.5 Å². The van der Waals surface area contributed by atoms with E-state index in [0.717, 1.165) is 33.3 Å². The van der Waals surface area contributed by atoms with Crippen LogP contribution in [0.1, 0.15) is 49.9 Å². The molecule has 0 aliphatic rings. The molecule has 0 unspecified atom stereocenters. The largest absolute Gasteiger partial charge is 0.505 e. The SMILES string of the molecule is CC(C)(C)c1cc(-n2nc3ccccc3n2)c(O)c(C(C)(c2ccccc2)c2ccccc2)c1. The van der Waals surface area contributed by atoms with Crippen LogP contribution in [-0.2, 0) is 10.8 Å². The molecule has 4 heteroatoms. The van der Waals surface area contributed by atoms with Crippen molar-refractivity contribution in [2.75, 3.05) is 0 Å². The van der Waals surface area contributed by atoms with Gasteiger partial charge in [-0.15, -0.1) is 15.0 Å². The fourth-order valence-corrected chi connectivity index (χ4v) is 4.57. The maximum atomic E-state index is 11.8. The monoisotopic (exact) mass is 447 g/mol. The third-order valence-corrected chi connectivity index (χ3v) is 6.70. The predicted octanol–water partition coefficient (Wildman–Crippen LogP) is 6.78. The molecular weight excluding hydrogens is 418 g/mol. The predicted molar refractivity (Wildman–Crippen MR) is 138 cm³/mol. The van der Waals surface area contributed by atoms with Crippen LogP contribution in [0.4, 0.5) is 0 Å². The van der Waals surface area contributed by atoms with Crippen molar-refractivity contribution < 1.29 is 5.11 Å². The molecule has 0 radical (unpaired) electrons. The van der Waals surface area contributed by atoms with Crippen molar-refractivity contribution in [1.82, 2.24) is 15.0 Å². The van der Waals surface area contributed by atoms with Gasteiger partial charge in [0.2, 0.25) is 0 Å². The first-order valence-corrected chi connectivity index (χ1v) is 11.6. The van der Waals surface area contributed by atoms with Gasteiger partial charge in [-0.2, -0.15) is 0 Å². The van der Waals surface area contributed by atoms with Gasteiger partial charge in [-0.3, -0.25) is 0 Å². The molecule has 4 aromatic carbocycles. The summed E-state index contributed by atoms with van der Waals surface area (Å²) in [6.07, 6.45) is 0. The highest BCUT2D eigenvalue weighted by Crippen LogP contribution is 2.46. The molecule has 1 aromatic heterocycles. The van der Waals surface area contributed by atoms with Crippen LogP contribution in [0.25, 0.3) is 16.7 Å². The molecule has 5 aromatic rings. The van der Waals surface area contributed by atoms with Crippen LogP contribution in [0.5, 0.6) is 5.75 Å². The summed E-state index contributed by atoms with van der Waals surface area (Å²) in [5.41, 5.74) is 5.57. The second kappa shape index (κ2) is 8.14. The molecule has 5 rings (SSSR count). The summed E-state index contributed by atoms with van der Waals surface area (Å²) in [6, 6.07) is 32.6. The number of aromatic nitrogens is 3. The maximum absolute atomic E-state index is 11.8. The van der Waals surface area contributed by atoms with E-state index in [1.807, 2.05) is 66.7 Å². The van der Waals surface area contributed by atoms with Gasteiger partial charge in [-0.25, -0.2) is 0 Å². The summed E-state index contributed by atoms with van der Waals surface area (Å²) in [7, 11) is 0. The molecule has 0 fully saturated rings. The molecule has 1 heterocycles. The van der Waals surface area contributed by atoms with Crippen molar-refractivity contribution in [3.8, 4) is 11.4 Å². The van der Waals surface area contributed by atoms with E-state index in [1.54, 1.807) is 4.80 Å². The Morgan fingerprint density at radius 3 is 1.56 bits per heavy atom. The zero-order valence-corrected chi connectivity index (χ0v) is 20.0. The Morgan fingerprint density at radius 2 is 1.09 bits per heavy atom. The van der Waals surface area contributed by atoms with E-state index in [0.29, 0.717) is 5.69 Å². The number of rotatable bonds is 4. The van der Waals surface area contributed by atoms with Gasteiger partial charge in [-0.1, -0.05) is 99.6 Å². The number of phenols is 1. The van der Waals surface area contributed by atoms with Gasteiger partial charge < -0.3 is 5.11 Å². The second-order valence-electron chi connectivity index (χ2n) is 9.98. The number of benzene rings is 4. The summed E-state index contributed by atoms with van der Waals surface area (Å²) in [4.78, 5) is 1.56. The van der Waals surface area contributed by atoms with E-state index in [9.17, 15) is 5.11 Å². The molecule has 0 saturated heterocycles. The molecule has 0 aliphatic heterocycles. The second-order valence-corrected chi connectivity index (χ2v) is 9.98. The number of hydrogen-bond acceptors (Lipinski definition) is 3. The molecule has 0 saturated carbocycles. The minimum absolute atomic E-state index is 0.141. The van der Waals surface area contributed by atoms with Gasteiger partial charge in [0.05, 0.1) is 0 Å². The van der Waals surface area contributed by atoms with E-state index in [-0.39, 0.29) is 11.2 Å². The first-order chi connectivity index (χ1) is 16.3. The van der Waals surface area contributed by atoms with Crippen LogP contribution in [0, 0.1) is 0 Å². The molecule has 0 aliphatic carbocycles. The average molecular weight is 448 g/mol. The van der Waals surface area contributed by atoms with Gasteiger partial charge in [0, 0.05) is 11.0 Å². The van der Waals surface area contributed by atoms with Crippen LogP contribution in [0.3, 0.4) is 0 Å². The zero-order valence-electron chi connectivity index (χ0n) is 20.0. The third kappa shape index (κ3) is 3.65. The molecule has 0 atom stereocenters. The lowest BCUT2D eigenvalue weighted by Gasteiger charge is -2.34. The minimum atomic E-state index is -0.588. The number of phenolic OH excluding ortho intramolecular Hbond substituents is 1. The lowest BCUT2D eigenvalue weighted by atomic mass is 9.69. The van der Waals surface area contributed by atoms with Crippen LogP contribution >= 0.6 is 0 Å². The minimum Gasteiger partial charge on any atom is -0.505 e. The van der Waals surface area contributed by atoms with Gasteiger partial charge in [-0.05, 0) is 47.2 Å². The van der Waals surface area contributed by atoms with Crippen LogP contribution in [0.15, 0.2) is 97.1 Å². The Bertz CT molecular complexity index is 1370. The molecular formula is C30H29N3O. The van der Waals surface area contributed by atoms with E-state index in [1.165, 1.54) is 0 Å². The van der Waals surface area contributed by atoms with E-state index >= 15 is 0 Å². The highest BCUT2D eigenvalue weighted by atomic mass is 16.3. The Morgan fingerprint density at radius 1 is 0.618 bits per heavy atom. The van der Waals surface area contributed by atoms with Crippen LogP contribution in [0.2, 0.25) is 0 Å². The van der Waals surface area contributed by atoms with Crippen LogP contribution in [-0.4, -0.2) is 20.1 Å².